The second-order valence-electron chi connectivity index (χ2n) is 6.67. The molecule has 1 saturated heterocycles. The van der Waals surface area contributed by atoms with E-state index < -0.39 is 6.10 Å². The quantitative estimate of drug-likeness (QED) is 0.876. The van der Waals surface area contributed by atoms with Crippen molar-refractivity contribution in [1.82, 2.24) is 4.90 Å². The molecule has 3 rings (SSSR count). The monoisotopic (exact) mass is 327 g/mol. The lowest BCUT2D eigenvalue weighted by molar-refractivity contribution is -0.132. The van der Waals surface area contributed by atoms with Crippen molar-refractivity contribution in [3.05, 3.63) is 60.1 Å². The Morgan fingerprint density at radius 3 is 2.79 bits per heavy atom. The molecule has 128 valence electrons. The number of amides is 1. The van der Waals surface area contributed by atoms with Crippen LogP contribution >= 0.6 is 0 Å². The van der Waals surface area contributed by atoms with Gasteiger partial charge in [-0.05, 0) is 36.5 Å². The van der Waals surface area contributed by atoms with Gasteiger partial charge in [0.1, 0.15) is 11.9 Å². The van der Waals surface area contributed by atoms with E-state index in [-0.39, 0.29) is 17.9 Å². The molecule has 0 saturated carbocycles. The molecule has 2 heterocycles. The predicted octanol–water partition coefficient (Wildman–Crippen LogP) is 3.89. The first-order chi connectivity index (χ1) is 11.6. The minimum absolute atomic E-state index is 0.0978. The number of hydrogen-bond acceptors (Lipinski definition) is 3. The normalized spacial score (nSPS) is 20.1. The van der Waals surface area contributed by atoms with Crippen LogP contribution in [0.2, 0.25) is 0 Å². The Hall–Kier alpha value is -2.07. The van der Waals surface area contributed by atoms with Gasteiger partial charge in [0.15, 0.2) is 0 Å². The molecule has 0 bridgehead atoms. The topological polar surface area (TPSA) is 53.7 Å². The highest BCUT2D eigenvalue weighted by Gasteiger charge is 2.31. The van der Waals surface area contributed by atoms with Crippen LogP contribution in [0, 0.1) is 0 Å². The summed E-state index contributed by atoms with van der Waals surface area (Å²) in [5.41, 5.74) is 1.19. The zero-order valence-electron chi connectivity index (χ0n) is 14.1. The average Bonchev–Trinajstić information content (AvgIpc) is 3.27. The number of carbonyl (C=O) groups excluding carboxylic acids is 1. The zero-order valence-corrected chi connectivity index (χ0v) is 14.1. The van der Waals surface area contributed by atoms with Crippen LogP contribution in [0.1, 0.15) is 56.0 Å². The summed E-state index contributed by atoms with van der Waals surface area (Å²) in [6.07, 6.45) is 3.92. The van der Waals surface area contributed by atoms with Crippen LogP contribution < -0.4 is 0 Å². The fraction of sp³-hybridized carbons (Fsp3) is 0.450. The lowest BCUT2D eigenvalue weighted by Gasteiger charge is -2.27. The molecular weight excluding hydrogens is 302 g/mol. The fourth-order valence-electron chi connectivity index (χ4n) is 3.54. The molecule has 1 amide bonds. The SMILES string of the molecule is CC(CC(=O)N1CCCC1CC(O)c1ccco1)c1ccccc1. The third-order valence-electron chi connectivity index (χ3n) is 4.91. The van der Waals surface area contributed by atoms with Gasteiger partial charge in [-0.2, -0.15) is 0 Å². The van der Waals surface area contributed by atoms with Gasteiger partial charge in [-0.3, -0.25) is 4.79 Å². The van der Waals surface area contributed by atoms with E-state index in [2.05, 4.69) is 19.1 Å². The van der Waals surface area contributed by atoms with Gasteiger partial charge in [-0.1, -0.05) is 37.3 Å². The number of nitrogens with zero attached hydrogens (tertiary/aromatic N) is 1. The smallest absolute Gasteiger partial charge is 0.223 e. The minimum Gasteiger partial charge on any atom is -0.467 e. The number of rotatable bonds is 6. The molecule has 1 N–H and O–H groups in total. The van der Waals surface area contributed by atoms with E-state index in [4.69, 9.17) is 4.42 Å². The molecule has 4 heteroatoms. The molecule has 3 unspecified atom stereocenters. The molecule has 2 aromatic rings. The van der Waals surface area contributed by atoms with Gasteiger partial charge in [0.05, 0.1) is 6.26 Å². The second kappa shape index (κ2) is 7.67. The maximum Gasteiger partial charge on any atom is 0.223 e. The van der Waals surface area contributed by atoms with Gasteiger partial charge in [-0.25, -0.2) is 0 Å². The lowest BCUT2D eigenvalue weighted by atomic mass is 9.97. The number of aliphatic hydroxyl groups is 1. The van der Waals surface area contributed by atoms with E-state index in [9.17, 15) is 9.90 Å². The van der Waals surface area contributed by atoms with E-state index in [0.29, 0.717) is 18.6 Å². The second-order valence-corrected chi connectivity index (χ2v) is 6.67. The molecule has 1 aliphatic heterocycles. The average molecular weight is 327 g/mol. The summed E-state index contributed by atoms with van der Waals surface area (Å²) in [6, 6.07) is 13.8. The Balaban J connectivity index is 1.59. The fourth-order valence-corrected chi connectivity index (χ4v) is 3.54. The van der Waals surface area contributed by atoms with Gasteiger partial charge in [0.25, 0.3) is 0 Å². The van der Waals surface area contributed by atoms with Crippen LogP contribution in [-0.4, -0.2) is 28.5 Å². The molecule has 0 radical (unpaired) electrons. The summed E-state index contributed by atoms with van der Waals surface area (Å²) in [5, 5.41) is 10.3. The molecule has 0 aliphatic carbocycles. The van der Waals surface area contributed by atoms with E-state index in [1.165, 1.54) is 5.56 Å². The minimum atomic E-state index is -0.648. The summed E-state index contributed by atoms with van der Waals surface area (Å²) in [7, 11) is 0. The summed E-state index contributed by atoms with van der Waals surface area (Å²) in [4.78, 5) is 14.7. The number of furan rings is 1. The molecule has 0 spiro atoms. The Morgan fingerprint density at radius 1 is 1.29 bits per heavy atom. The van der Waals surface area contributed by atoms with E-state index in [1.807, 2.05) is 23.1 Å². The van der Waals surface area contributed by atoms with Gasteiger partial charge in [0, 0.05) is 25.4 Å². The first kappa shape index (κ1) is 16.8. The van der Waals surface area contributed by atoms with Gasteiger partial charge >= 0.3 is 0 Å². The van der Waals surface area contributed by atoms with Crippen LogP contribution in [0.5, 0.6) is 0 Å². The number of aliphatic hydroxyl groups excluding tert-OH is 1. The van der Waals surface area contributed by atoms with Crippen molar-refractivity contribution in [2.75, 3.05) is 6.54 Å². The van der Waals surface area contributed by atoms with Crippen molar-refractivity contribution >= 4 is 5.91 Å². The molecule has 24 heavy (non-hydrogen) atoms. The Morgan fingerprint density at radius 2 is 2.08 bits per heavy atom. The highest BCUT2D eigenvalue weighted by molar-refractivity contribution is 5.77. The van der Waals surface area contributed by atoms with Crippen molar-refractivity contribution in [3.63, 3.8) is 0 Å². The number of likely N-dealkylation sites (tertiary alicyclic amines) is 1. The van der Waals surface area contributed by atoms with E-state index in [0.717, 1.165) is 19.4 Å². The summed E-state index contributed by atoms with van der Waals surface area (Å²) < 4.78 is 5.27. The molecule has 1 aromatic heterocycles. The third kappa shape index (κ3) is 3.88. The molecule has 1 aromatic carbocycles. The number of benzene rings is 1. The third-order valence-corrected chi connectivity index (χ3v) is 4.91. The number of hydrogen-bond donors (Lipinski definition) is 1. The lowest BCUT2D eigenvalue weighted by Crippen LogP contribution is -2.37. The maximum absolute atomic E-state index is 12.7. The van der Waals surface area contributed by atoms with Crippen molar-refractivity contribution in [2.24, 2.45) is 0 Å². The maximum atomic E-state index is 12.7. The van der Waals surface area contributed by atoms with Crippen LogP contribution in [-0.2, 0) is 4.79 Å². The van der Waals surface area contributed by atoms with Crippen molar-refractivity contribution in [3.8, 4) is 0 Å². The molecule has 1 fully saturated rings. The van der Waals surface area contributed by atoms with Crippen LogP contribution in [0.4, 0.5) is 0 Å². The van der Waals surface area contributed by atoms with Crippen LogP contribution in [0.25, 0.3) is 0 Å². The highest BCUT2D eigenvalue weighted by Crippen LogP contribution is 2.29. The van der Waals surface area contributed by atoms with Crippen LogP contribution in [0.3, 0.4) is 0 Å². The van der Waals surface area contributed by atoms with Gasteiger partial charge in [-0.15, -0.1) is 0 Å². The number of carbonyl (C=O) groups is 1. The van der Waals surface area contributed by atoms with Crippen molar-refractivity contribution in [1.29, 1.82) is 0 Å². The Kier molecular flexibility index (Phi) is 5.36. The highest BCUT2D eigenvalue weighted by atomic mass is 16.4. The largest absolute Gasteiger partial charge is 0.467 e. The molecule has 3 atom stereocenters. The summed E-state index contributed by atoms with van der Waals surface area (Å²) >= 11 is 0. The van der Waals surface area contributed by atoms with Gasteiger partial charge < -0.3 is 14.4 Å². The first-order valence-electron chi connectivity index (χ1n) is 8.71. The Bertz CT molecular complexity index is 638. The standard InChI is InChI=1S/C20H25NO3/c1-15(16-7-3-2-4-8-16)13-20(23)21-11-5-9-17(21)14-18(22)19-10-6-12-24-19/h2-4,6-8,10,12,15,17-18,22H,5,9,11,13-14H2,1H3. The zero-order chi connectivity index (χ0) is 16.9. The summed E-state index contributed by atoms with van der Waals surface area (Å²) in [6.45, 7) is 2.88. The van der Waals surface area contributed by atoms with E-state index in [1.54, 1.807) is 18.4 Å². The molecular formula is C20H25NO3. The molecule has 1 aliphatic rings. The van der Waals surface area contributed by atoms with Crippen molar-refractivity contribution in [2.45, 2.75) is 50.7 Å². The van der Waals surface area contributed by atoms with Crippen LogP contribution in [0.15, 0.2) is 53.1 Å². The summed E-state index contributed by atoms with van der Waals surface area (Å²) in [5.74, 6) is 0.961. The Labute approximate surface area is 143 Å². The molecule has 4 nitrogen and oxygen atoms in total. The van der Waals surface area contributed by atoms with Gasteiger partial charge in [0.2, 0.25) is 5.91 Å². The predicted molar refractivity (Wildman–Crippen MR) is 92.5 cm³/mol. The first-order valence-corrected chi connectivity index (χ1v) is 8.71. The van der Waals surface area contributed by atoms with Crippen molar-refractivity contribution < 1.29 is 14.3 Å². The van der Waals surface area contributed by atoms with E-state index >= 15 is 0 Å².